The van der Waals surface area contributed by atoms with Crippen LogP contribution in [0.1, 0.15) is 10.4 Å². The van der Waals surface area contributed by atoms with Gasteiger partial charge in [-0.25, -0.2) is 8.42 Å². The van der Waals surface area contributed by atoms with Gasteiger partial charge in [-0.15, -0.1) is 0 Å². The Morgan fingerprint density at radius 1 is 0.750 bits per heavy atom. The van der Waals surface area contributed by atoms with E-state index in [4.69, 9.17) is 34.8 Å². The summed E-state index contributed by atoms with van der Waals surface area (Å²) in [5.74, 6) is -0.590. The van der Waals surface area contributed by atoms with Crippen molar-refractivity contribution in [3.63, 3.8) is 0 Å². The van der Waals surface area contributed by atoms with Crippen LogP contribution in [0.15, 0.2) is 71.6 Å². The molecule has 0 saturated carbocycles. The SMILES string of the molecule is O=C(Nc1ccccc1Cl)c1cc(S(=O)(=O)Nc2ccccc2Cl)ccc1Cl. The molecule has 3 aromatic rings. The molecule has 0 bridgehead atoms. The zero-order chi connectivity index (χ0) is 20.3. The maximum absolute atomic E-state index is 12.7. The molecular weight excluding hydrogens is 443 g/mol. The molecule has 0 heterocycles. The van der Waals surface area contributed by atoms with E-state index in [9.17, 15) is 13.2 Å². The fourth-order valence-corrected chi connectivity index (χ4v) is 4.08. The van der Waals surface area contributed by atoms with Crippen molar-refractivity contribution in [3.05, 3.63) is 87.4 Å². The topological polar surface area (TPSA) is 75.3 Å². The van der Waals surface area contributed by atoms with Gasteiger partial charge in [-0.1, -0.05) is 59.1 Å². The standard InChI is InChI=1S/C19H13Cl3N2O3S/c20-14-10-9-12(28(26,27)24-18-8-4-2-6-16(18)22)11-13(14)19(25)23-17-7-3-1-5-15(17)21/h1-11,24H,(H,23,25). The van der Waals surface area contributed by atoms with E-state index < -0.39 is 15.9 Å². The Morgan fingerprint density at radius 3 is 1.93 bits per heavy atom. The number of nitrogens with one attached hydrogen (secondary N) is 2. The molecule has 2 N–H and O–H groups in total. The Hall–Kier alpha value is -2.25. The molecule has 0 unspecified atom stereocenters. The first-order valence-electron chi connectivity index (χ1n) is 7.91. The van der Waals surface area contributed by atoms with Crippen LogP contribution in [-0.4, -0.2) is 14.3 Å². The highest BCUT2D eigenvalue weighted by Crippen LogP contribution is 2.27. The molecule has 3 aromatic carbocycles. The lowest BCUT2D eigenvalue weighted by Gasteiger charge is -2.12. The largest absolute Gasteiger partial charge is 0.321 e. The monoisotopic (exact) mass is 454 g/mol. The highest BCUT2D eigenvalue weighted by Gasteiger charge is 2.20. The van der Waals surface area contributed by atoms with Crippen molar-refractivity contribution in [2.24, 2.45) is 0 Å². The van der Waals surface area contributed by atoms with E-state index in [-0.39, 0.29) is 26.2 Å². The van der Waals surface area contributed by atoms with Crippen LogP contribution in [0.5, 0.6) is 0 Å². The third-order valence-corrected chi connectivity index (χ3v) is 6.08. The zero-order valence-corrected chi connectivity index (χ0v) is 17.2. The van der Waals surface area contributed by atoms with Gasteiger partial charge in [-0.3, -0.25) is 9.52 Å². The second-order valence-corrected chi connectivity index (χ2v) is 8.56. The van der Waals surface area contributed by atoms with Crippen molar-refractivity contribution in [1.82, 2.24) is 0 Å². The maximum Gasteiger partial charge on any atom is 0.261 e. The summed E-state index contributed by atoms with van der Waals surface area (Å²) < 4.78 is 27.8. The molecule has 0 aliphatic rings. The third-order valence-electron chi connectivity index (χ3n) is 3.73. The summed E-state index contributed by atoms with van der Waals surface area (Å²) in [6, 6.07) is 16.9. The van der Waals surface area contributed by atoms with Crippen LogP contribution in [0, 0.1) is 0 Å². The molecule has 5 nitrogen and oxygen atoms in total. The molecule has 3 rings (SSSR count). The first kappa shape index (κ1) is 20.5. The molecule has 0 radical (unpaired) electrons. The van der Waals surface area contributed by atoms with Crippen molar-refractivity contribution in [2.45, 2.75) is 4.90 Å². The van der Waals surface area contributed by atoms with E-state index in [1.54, 1.807) is 42.5 Å². The summed E-state index contributed by atoms with van der Waals surface area (Å²) in [5, 5.41) is 3.30. The van der Waals surface area contributed by atoms with E-state index in [0.29, 0.717) is 10.7 Å². The van der Waals surface area contributed by atoms with Crippen molar-refractivity contribution < 1.29 is 13.2 Å². The molecule has 9 heteroatoms. The smallest absolute Gasteiger partial charge is 0.261 e. The minimum Gasteiger partial charge on any atom is -0.321 e. The van der Waals surface area contributed by atoms with E-state index in [0.717, 1.165) is 0 Å². The third kappa shape index (κ3) is 4.59. The number of hydrogen-bond donors (Lipinski definition) is 2. The predicted molar refractivity (Wildman–Crippen MR) is 113 cm³/mol. The molecule has 1 amide bonds. The lowest BCUT2D eigenvalue weighted by Crippen LogP contribution is -2.16. The number of hydrogen-bond acceptors (Lipinski definition) is 3. The number of anilines is 2. The number of benzene rings is 3. The summed E-state index contributed by atoms with van der Waals surface area (Å²) in [6.07, 6.45) is 0. The average molecular weight is 456 g/mol. The first-order valence-corrected chi connectivity index (χ1v) is 10.5. The van der Waals surface area contributed by atoms with Gasteiger partial charge in [0.05, 0.1) is 36.9 Å². The summed E-state index contributed by atoms with van der Waals surface area (Å²) in [7, 11) is -3.99. The number of carbonyl (C=O) groups excluding carboxylic acids is 1. The van der Waals surface area contributed by atoms with Crippen LogP contribution in [0.4, 0.5) is 11.4 Å². The fraction of sp³-hybridized carbons (Fsp3) is 0. The lowest BCUT2D eigenvalue weighted by molar-refractivity contribution is 0.102. The molecule has 0 atom stereocenters. The van der Waals surface area contributed by atoms with Crippen molar-refractivity contribution in [3.8, 4) is 0 Å². The van der Waals surface area contributed by atoms with E-state index >= 15 is 0 Å². The number of halogens is 3. The van der Waals surface area contributed by atoms with E-state index in [1.165, 1.54) is 24.3 Å². The van der Waals surface area contributed by atoms with Gasteiger partial charge in [0.2, 0.25) is 0 Å². The number of para-hydroxylation sites is 2. The Kier molecular flexibility index (Phi) is 6.15. The van der Waals surface area contributed by atoms with Crippen LogP contribution in [-0.2, 0) is 10.0 Å². The fourth-order valence-electron chi connectivity index (χ4n) is 2.35. The second kappa shape index (κ2) is 8.41. The normalized spacial score (nSPS) is 11.1. The van der Waals surface area contributed by atoms with Crippen LogP contribution < -0.4 is 10.0 Å². The Balaban J connectivity index is 1.91. The van der Waals surface area contributed by atoms with Crippen LogP contribution in [0.25, 0.3) is 0 Å². The first-order chi connectivity index (χ1) is 13.3. The highest BCUT2D eigenvalue weighted by atomic mass is 35.5. The van der Waals surface area contributed by atoms with Gasteiger partial charge in [0.1, 0.15) is 0 Å². The van der Waals surface area contributed by atoms with Crippen molar-refractivity contribution >= 4 is 62.1 Å². The van der Waals surface area contributed by atoms with Gasteiger partial charge in [0.25, 0.3) is 15.9 Å². The average Bonchev–Trinajstić information content (AvgIpc) is 2.65. The van der Waals surface area contributed by atoms with Crippen LogP contribution >= 0.6 is 34.8 Å². The Morgan fingerprint density at radius 2 is 1.32 bits per heavy atom. The summed E-state index contributed by atoms with van der Waals surface area (Å²) in [4.78, 5) is 12.5. The number of rotatable bonds is 5. The summed E-state index contributed by atoms with van der Waals surface area (Å²) in [5.41, 5.74) is 0.595. The number of sulfonamides is 1. The molecule has 0 saturated heterocycles. The maximum atomic E-state index is 12.7. The summed E-state index contributed by atoms with van der Waals surface area (Å²) >= 11 is 18.1. The molecule has 144 valence electrons. The van der Waals surface area contributed by atoms with E-state index in [1.807, 2.05) is 0 Å². The molecular formula is C19H13Cl3N2O3S. The minimum atomic E-state index is -3.99. The molecule has 0 aliphatic heterocycles. The summed E-state index contributed by atoms with van der Waals surface area (Å²) in [6.45, 7) is 0. The van der Waals surface area contributed by atoms with E-state index in [2.05, 4.69) is 10.0 Å². The molecule has 0 spiro atoms. The predicted octanol–water partition coefficient (Wildman–Crippen LogP) is 5.70. The van der Waals surface area contributed by atoms with Crippen molar-refractivity contribution in [2.75, 3.05) is 10.0 Å². The van der Waals surface area contributed by atoms with Gasteiger partial charge < -0.3 is 5.32 Å². The van der Waals surface area contributed by atoms with Crippen LogP contribution in [0.2, 0.25) is 15.1 Å². The van der Waals surface area contributed by atoms with Crippen LogP contribution in [0.3, 0.4) is 0 Å². The molecule has 0 fully saturated rings. The number of amides is 1. The highest BCUT2D eigenvalue weighted by molar-refractivity contribution is 7.92. The molecule has 28 heavy (non-hydrogen) atoms. The quantitative estimate of drug-likeness (QED) is 0.518. The van der Waals surface area contributed by atoms with Gasteiger partial charge >= 0.3 is 0 Å². The molecule has 0 aromatic heterocycles. The lowest BCUT2D eigenvalue weighted by atomic mass is 10.2. The minimum absolute atomic E-state index is 0.0105. The van der Waals surface area contributed by atoms with Gasteiger partial charge in [-0.05, 0) is 42.5 Å². The number of carbonyl (C=O) groups is 1. The van der Waals surface area contributed by atoms with Gasteiger partial charge in [0, 0.05) is 0 Å². The second-order valence-electron chi connectivity index (χ2n) is 5.66. The van der Waals surface area contributed by atoms with Crippen molar-refractivity contribution in [1.29, 1.82) is 0 Å². The zero-order valence-electron chi connectivity index (χ0n) is 14.1. The van der Waals surface area contributed by atoms with Gasteiger partial charge in [0.15, 0.2) is 0 Å². The molecule has 0 aliphatic carbocycles. The van der Waals surface area contributed by atoms with Gasteiger partial charge in [-0.2, -0.15) is 0 Å². The Labute approximate surface area is 177 Å². The Bertz CT molecular complexity index is 1150.